The summed E-state index contributed by atoms with van der Waals surface area (Å²) in [6.45, 7) is 1.91. The van der Waals surface area contributed by atoms with Gasteiger partial charge in [-0.15, -0.1) is 11.3 Å². The van der Waals surface area contributed by atoms with Crippen molar-refractivity contribution in [1.82, 2.24) is 0 Å². The summed E-state index contributed by atoms with van der Waals surface area (Å²) in [4.78, 5) is 12.7. The van der Waals surface area contributed by atoms with Gasteiger partial charge in [0.1, 0.15) is 5.75 Å². The smallest absolute Gasteiger partial charge is 0.266 e. The standard InChI is InChI=1S/C13H14N2O2S/c1-8-5-6-18-12(8)13(16)15-11-4-3-9(17-2)7-10(11)14/h3-7H,14H2,1-2H3,(H,15,16). The van der Waals surface area contributed by atoms with Crippen LogP contribution in [0.4, 0.5) is 11.4 Å². The van der Waals surface area contributed by atoms with Gasteiger partial charge in [-0.3, -0.25) is 4.79 Å². The Balaban J connectivity index is 2.20. The van der Waals surface area contributed by atoms with Crippen LogP contribution in [0.3, 0.4) is 0 Å². The molecule has 2 aromatic rings. The van der Waals surface area contributed by atoms with Gasteiger partial charge in [-0.1, -0.05) is 0 Å². The molecule has 0 saturated heterocycles. The molecule has 1 aromatic carbocycles. The second kappa shape index (κ2) is 5.10. The maximum Gasteiger partial charge on any atom is 0.266 e. The number of carbonyl (C=O) groups excluding carboxylic acids is 1. The normalized spacial score (nSPS) is 10.1. The van der Waals surface area contributed by atoms with E-state index in [9.17, 15) is 4.79 Å². The fourth-order valence-corrected chi connectivity index (χ4v) is 2.39. The summed E-state index contributed by atoms with van der Waals surface area (Å²) >= 11 is 1.41. The molecule has 4 nitrogen and oxygen atoms in total. The average molecular weight is 262 g/mol. The minimum Gasteiger partial charge on any atom is -0.497 e. The molecule has 3 N–H and O–H groups in total. The molecule has 0 aliphatic carbocycles. The maximum atomic E-state index is 12.0. The van der Waals surface area contributed by atoms with Crippen LogP contribution < -0.4 is 15.8 Å². The highest BCUT2D eigenvalue weighted by Crippen LogP contribution is 2.25. The first-order chi connectivity index (χ1) is 8.61. The number of nitrogens with one attached hydrogen (secondary N) is 1. The molecule has 0 spiro atoms. The van der Waals surface area contributed by atoms with Crippen LogP contribution in [0, 0.1) is 6.92 Å². The van der Waals surface area contributed by atoms with Gasteiger partial charge >= 0.3 is 0 Å². The average Bonchev–Trinajstić information content (AvgIpc) is 2.78. The first-order valence-corrected chi connectivity index (χ1v) is 6.28. The lowest BCUT2D eigenvalue weighted by Gasteiger charge is -2.09. The second-order valence-electron chi connectivity index (χ2n) is 3.84. The van der Waals surface area contributed by atoms with E-state index in [1.807, 2.05) is 18.4 Å². The lowest BCUT2D eigenvalue weighted by molar-refractivity contribution is 0.103. The van der Waals surface area contributed by atoms with E-state index in [2.05, 4.69) is 5.32 Å². The fourth-order valence-electron chi connectivity index (χ4n) is 1.57. The molecule has 1 amide bonds. The topological polar surface area (TPSA) is 64.3 Å². The Hall–Kier alpha value is -2.01. The van der Waals surface area contributed by atoms with Gasteiger partial charge in [-0.2, -0.15) is 0 Å². The van der Waals surface area contributed by atoms with Crippen LogP contribution in [0.5, 0.6) is 5.75 Å². The maximum absolute atomic E-state index is 12.0. The van der Waals surface area contributed by atoms with Crippen LogP contribution in [-0.2, 0) is 0 Å². The number of nitrogen functional groups attached to an aromatic ring is 1. The molecule has 2 rings (SSSR count). The Labute approximate surface area is 109 Å². The molecule has 18 heavy (non-hydrogen) atoms. The first kappa shape index (κ1) is 12.4. The van der Waals surface area contributed by atoms with Crippen molar-refractivity contribution in [2.24, 2.45) is 0 Å². The minimum atomic E-state index is -0.139. The van der Waals surface area contributed by atoms with E-state index in [4.69, 9.17) is 10.5 Å². The highest BCUT2D eigenvalue weighted by atomic mass is 32.1. The minimum absolute atomic E-state index is 0.139. The zero-order valence-electron chi connectivity index (χ0n) is 10.2. The second-order valence-corrected chi connectivity index (χ2v) is 4.76. The Kier molecular flexibility index (Phi) is 3.53. The van der Waals surface area contributed by atoms with E-state index >= 15 is 0 Å². The molecule has 0 bridgehead atoms. The molecule has 0 aliphatic heterocycles. The predicted molar refractivity (Wildman–Crippen MR) is 74.4 cm³/mol. The van der Waals surface area contributed by atoms with E-state index < -0.39 is 0 Å². The quantitative estimate of drug-likeness (QED) is 0.836. The molecule has 94 valence electrons. The summed E-state index contributed by atoms with van der Waals surface area (Å²) in [5.41, 5.74) is 7.88. The SMILES string of the molecule is COc1ccc(NC(=O)c2sccc2C)c(N)c1. The summed E-state index contributed by atoms with van der Waals surface area (Å²) in [5, 5.41) is 4.69. The molecule has 0 atom stereocenters. The van der Waals surface area contributed by atoms with E-state index in [0.717, 1.165) is 5.56 Å². The molecule has 0 radical (unpaired) electrons. The summed E-state index contributed by atoms with van der Waals surface area (Å²) in [7, 11) is 1.57. The number of aryl methyl sites for hydroxylation is 1. The van der Waals surface area contributed by atoms with E-state index in [1.54, 1.807) is 25.3 Å². The third-order valence-corrected chi connectivity index (χ3v) is 3.59. The Morgan fingerprint density at radius 1 is 1.39 bits per heavy atom. The number of rotatable bonds is 3. The van der Waals surface area contributed by atoms with Gasteiger partial charge in [-0.05, 0) is 36.1 Å². The van der Waals surface area contributed by atoms with Gasteiger partial charge in [-0.25, -0.2) is 0 Å². The monoisotopic (exact) mass is 262 g/mol. The highest BCUT2D eigenvalue weighted by molar-refractivity contribution is 7.12. The van der Waals surface area contributed by atoms with Crippen LogP contribution in [0.2, 0.25) is 0 Å². The van der Waals surface area contributed by atoms with Crippen molar-refractivity contribution >= 4 is 28.6 Å². The number of hydrogen-bond acceptors (Lipinski definition) is 4. The van der Waals surface area contributed by atoms with Crippen molar-refractivity contribution in [3.63, 3.8) is 0 Å². The van der Waals surface area contributed by atoms with Crippen LogP contribution in [0.15, 0.2) is 29.6 Å². The Morgan fingerprint density at radius 3 is 2.72 bits per heavy atom. The molecule has 1 aromatic heterocycles. The zero-order chi connectivity index (χ0) is 13.1. The Bertz CT molecular complexity index is 578. The summed E-state index contributed by atoms with van der Waals surface area (Å²) < 4.78 is 5.06. The van der Waals surface area contributed by atoms with Gasteiger partial charge in [0, 0.05) is 6.07 Å². The van der Waals surface area contributed by atoms with Gasteiger partial charge in [0.2, 0.25) is 0 Å². The third kappa shape index (κ3) is 2.46. The predicted octanol–water partition coefficient (Wildman–Crippen LogP) is 2.90. The molecule has 0 aliphatic rings. The van der Waals surface area contributed by atoms with Crippen LogP contribution >= 0.6 is 11.3 Å². The molecule has 0 fully saturated rings. The molecular weight excluding hydrogens is 248 g/mol. The summed E-state index contributed by atoms with van der Waals surface area (Å²) in [6, 6.07) is 7.08. The van der Waals surface area contributed by atoms with Gasteiger partial charge in [0.15, 0.2) is 0 Å². The molecule has 0 unspecified atom stereocenters. The molecule has 1 heterocycles. The van der Waals surface area contributed by atoms with Crippen molar-refractivity contribution in [1.29, 1.82) is 0 Å². The van der Waals surface area contributed by atoms with Crippen LogP contribution in [-0.4, -0.2) is 13.0 Å². The number of thiophene rings is 1. The number of carbonyl (C=O) groups is 1. The Morgan fingerprint density at radius 2 is 2.17 bits per heavy atom. The number of methoxy groups -OCH3 is 1. The summed E-state index contributed by atoms with van der Waals surface area (Å²) in [5.74, 6) is 0.525. The van der Waals surface area contributed by atoms with Gasteiger partial charge < -0.3 is 15.8 Å². The third-order valence-electron chi connectivity index (χ3n) is 2.58. The van der Waals surface area contributed by atoms with E-state index in [0.29, 0.717) is 22.0 Å². The van der Waals surface area contributed by atoms with Gasteiger partial charge in [0.05, 0.1) is 23.4 Å². The van der Waals surface area contributed by atoms with Crippen molar-refractivity contribution in [2.75, 3.05) is 18.2 Å². The fraction of sp³-hybridized carbons (Fsp3) is 0.154. The highest BCUT2D eigenvalue weighted by Gasteiger charge is 2.12. The number of amides is 1. The zero-order valence-corrected chi connectivity index (χ0v) is 11.0. The molecule has 5 heteroatoms. The van der Waals surface area contributed by atoms with Crippen molar-refractivity contribution in [2.45, 2.75) is 6.92 Å². The number of nitrogens with two attached hydrogens (primary N) is 1. The van der Waals surface area contributed by atoms with E-state index in [1.165, 1.54) is 11.3 Å². The van der Waals surface area contributed by atoms with E-state index in [-0.39, 0.29) is 5.91 Å². The van der Waals surface area contributed by atoms with Gasteiger partial charge in [0.25, 0.3) is 5.91 Å². The van der Waals surface area contributed by atoms with Crippen molar-refractivity contribution in [3.8, 4) is 5.75 Å². The van der Waals surface area contributed by atoms with Crippen molar-refractivity contribution in [3.05, 3.63) is 40.1 Å². The summed E-state index contributed by atoms with van der Waals surface area (Å²) in [6.07, 6.45) is 0. The van der Waals surface area contributed by atoms with Crippen LogP contribution in [0.1, 0.15) is 15.2 Å². The lowest BCUT2D eigenvalue weighted by atomic mass is 10.2. The number of anilines is 2. The number of ether oxygens (including phenoxy) is 1. The number of hydrogen-bond donors (Lipinski definition) is 2. The molecule has 0 saturated carbocycles. The largest absolute Gasteiger partial charge is 0.497 e. The first-order valence-electron chi connectivity index (χ1n) is 5.41. The van der Waals surface area contributed by atoms with Crippen LogP contribution in [0.25, 0.3) is 0 Å². The lowest BCUT2D eigenvalue weighted by Crippen LogP contribution is -2.12. The molecular formula is C13H14N2O2S. The van der Waals surface area contributed by atoms with Crippen molar-refractivity contribution < 1.29 is 9.53 Å². The number of benzene rings is 1.